The van der Waals surface area contributed by atoms with Crippen molar-refractivity contribution in [2.45, 2.75) is 13.1 Å². The van der Waals surface area contributed by atoms with E-state index in [1.807, 2.05) is 0 Å². The second-order valence-electron chi connectivity index (χ2n) is 2.12. The zero-order valence-electron chi connectivity index (χ0n) is 5.70. The quantitative estimate of drug-likeness (QED) is 0.654. The predicted octanol–water partition coefficient (Wildman–Crippen LogP) is 2.66. The van der Waals surface area contributed by atoms with Crippen molar-refractivity contribution in [1.82, 2.24) is 0 Å². The SMILES string of the molecule is Cc1sc(C(F)(F)F)cc1N. The third kappa shape index (κ3) is 1.65. The van der Waals surface area contributed by atoms with Crippen LogP contribution in [-0.4, -0.2) is 0 Å². The van der Waals surface area contributed by atoms with E-state index in [0.717, 1.165) is 6.07 Å². The fourth-order valence-electron chi connectivity index (χ4n) is 0.636. The molecule has 1 heterocycles. The van der Waals surface area contributed by atoms with E-state index in [4.69, 9.17) is 5.73 Å². The first-order chi connectivity index (χ1) is 4.91. The molecule has 1 nitrogen and oxygen atoms in total. The molecule has 0 saturated heterocycles. The standard InChI is InChI=1S/C6H6F3NS/c1-3-4(10)2-5(11-3)6(7,8)9/h2H,10H2,1H3. The van der Waals surface area contributed by atoms with E-state index in [-0.39, 0.29) is 5.69 Å². The van der Waals surface area contributed by atoms with Crippen LogP contribution in [0.15, 0.2) is 6.07 Å². The maximum absolute atomic E-state index is 11.9. The summed E-state index contributed by atoms with van der Waals surface area (Å²) in [6.07, 6.45) is -4.26. The summed E-state index contributed by atoms with van der Waals surface area (Å²) in [5.74, 6) is 0. The molecule has 0 atom stereocenters. The monoisotopic (exact) mass is 181 g/mol. The van der Waals surface area contributed by atoms with Crippen LogP contribution < -0.4 is 5.73 Å². The number of anilines is 1. The third-order valence-corrected chi connectivity index (χ3v) is 2.35. The van der Waals surface area contributed by atoms with E-state index in [9.17, 15) is 13.2 Å². The van der Waals surface area contributed by atoms with Crippen LogP contribution in [0.3, 0.4) is 0 Å². The van der Waals surface area contributed by atoms with Gasteiger partial charge in [0.15, 0.2) is 0 Å². The second kappa shape index (κ2) is 2.41. The Morgan fingerprint density at radius 3 is 2.18 bits per heavy atom. The molecule has 62 valence electrons. The fourth-order valence-corrected chi connectivity index (χ4v) is 1.44. The Morgan fingerprint density at radius 1 is 1.45 bits per heavy atom. The zero-order valence-corrected chi connectivity index (χ0v) is 6.51. The molecule has 5 heteroatoms. The third-order valence-electron chi connectivity index (χ3n) is 1.24. The van der Waals surface area contributed by atoms with Crippen molar-refractivity contribution < 1.29 is 13.2 Å². The van der Waals surface area contributed by atoms with Crippen LogP contribution >= 0.6 is 11.3 Å². The summed E-state index contributed by atoms with van der Waals surface area (Å²) in [6.45, 7) is 1.56. The smallest absolute Gasteiger partial charge is 0.398 e. The molecule has 0 aliphatic heterocycles. The van der Waals surface area contributed by atoms with Crippen molar-refractivity contribution in [2.75, 3.05) is 5.73 Å². The van der Waals surface area contributed by atoms with Gasteiger partial charge in [0.05, 0.1) is 0 Å². The molecular formula is C6H6F3NS. The van der Waals surface area contributed by atoms with Gasteiger partial charge in [-0.05, 0) is 13.0 Å². The van der Waals surface area contributed by atoms with E-state index >= 15 is 0 Å². The summed E-state index contributed by atoms with van der Waals surface area (Å²) in [5, 5.41) is 0. The molecule has 0 aliphatic rings. The maximum Gasteiger partial charge on any atom is 0.425 e. The van der Waals surface area contributed by atoms with Gasteiger partial charge in [0.25, 0.3) is 0 Å². The average molecular weight is 181 g/mol. The van der Waals surface area contributed by atoms with Gasteiger partial charge in [-0.1, -0.05) is 0 Å². The largest absolute Gasteiger partial charge is 0.425 e. The summed E-state index contributed by atoms with van der Waals surface area (Å²) in [6, 6.07) is 0.958. The van der Waals surface area contributed by atoms with Gasteiger partial charge in [-0.15, -0.1) is 11.3 Å². The van der Waals surface area contributed by atoms with Crippen LogP contribution in [0.25, 0.3) is 0 Å². The number of hydrogen-bond donors (Lipinski definition) is 1. The number of thiophene rings is 1. The highest BCUT2D eigenvalue weighted by Crippen LogP contribution is 2.37. The minimum Gasteiger partial charge on any atom is -0.398 e. The Labute approximate surface area is 65.6 Å². The summed E-state index contributed by atoms with van der Waals surface area (Å²) in [5.41, 5.74) is 5.46. The number of rotatable bonds is 0. The van der Waals surface area contributed by atoms with Gasteiger partial charge < -0.3 is 5.73 Å². The molecular weight excluding hydrogens is 175 g/mol. The lowest BCUT2D eigenvalue weighted by atomic mass is 10.4. The predicted molar refractivity (Wildman–Crippen MR) is 38.5 cm³/mol. The highest BCUT2D eigenvalue weighted by Gasteiger charge is 2.32. The molecule has 0 aliphatic carbocycles. The highest BCUT2D eigenvalue weighted by molar-refractivity contribution is 7.12. The molecule has 0 bridgehead atoms. The molecule has 0 spiro atoms. The Bertz CT molecular complexity index is 244. The van der Waals surface area contributed by atoms with Crippen molar-refractivity contribution in [3.8, 4) is 0 Å². The Kier molecular flexibility index (Phi) is 1.83. The van der Waals surface area contributed by atoms with Crippen molar-refractivity contribution in [1.29, 1.82) is 0 Å². The molecule has 1 rings (SSSR count). The first-order valence-corrected chi connectivity index (χ1v) is 3.66. The fraction of sp³-hybridized carbons (Fsp3) is 0.333. The minimum absolute atomic E-state index is 0.210. The number of hydrogen-bond acceptors (Lipinski definition) is 2. The van der Waals surface area contributed by atoms with Gasteiger partial charge in [-0.25, -0.2) is 0 Å². The van der Waals surface area contributed by atoms with Crippen molar-refractivity contribution in [2.24, 2.45) is 0 Å². The zero-order chi connectivity index (χ0) is 8.65. The molecule has 11 heavy (non-hydrogen) atoms. The van der Waals surface area contributed by atoms with Crippen LogP contribution in [0.4, 0.5) is 18.9 Å². The summed E-state index contributed by atoms with van der Waals surface area (Å²) in [4.78, 5) is -0.121. The molecule has 0 radical (unpaired) electrons. The van der Waals surface area contributed by atoms with E-state index in [1.165, 1.54) is 0 Å². The number of nitrogen functional groups attached to an aromatic ring is 1. The lowest BCUT2D eigenvalue weighted by molar-refractivity contribution is -0.134. The molecule has 0 fully saturated rings. The molecule has 0 aromatic carbocycles. The summed E-state index contributed by atoms with van der Waals surface area (Å²) >= 11 is 0.671. The second-order valence-corrected chi connectivity index (χ2v) is 3.38. The van der Waals surface area contributed by atoms with Crippen LogP contribution in [0, 0.1) is 6.92 Å². The molecule has 0 unspecified atom stereocenters. The van der Waals surface area contributed by atoms with E-state index in [2.05, 4.69) is 0 Å². The van der Waals surface area contributed by atoms with Crippen molar-refractivity contribution >= 4 is 17.0 Å². The lowest BCUT2D eigenvalue weighted by Crippen LogP contribution is -2.00. The van der Waals surface area contributed by atoms with Gasteiger partial charge in [0.2, 0.25) is 0 Å². The van der Waals surface area contributed by atoms with Crippen LogP contribution in [0.1, 0.15) is 9.75 Å². The lowest BCUT2D eigenvalue weighted by Gasteiger charge is -1.99. The summed E-state index contributed by atoms with van der Waals surface area (Å²) in [7, 11) is 0. The highest BCUT2D eigenvalue weighted by atomic mass is 32.1. The maximum atomic E-state index is 11.9. The molecule has 2 N–H and O–H groups in total. The van der Waals surface area contributed by atoms with E-state index in [1.54, 1.807) is 6.92 Å². The normalized spacial score (nSPS) is 12.0. The number of alkyl halides is 3. The molecule has 0 saturated carbocycles. The van der Waals surface area contributed by atoms with Crippen LogP contribution in [0.2, 0.25) is 0 Å². The van der Waals surface area contributed by atoms with Gasteiger partial charge in [0.1, 0.15) is 4.88 Å². The first kappa shape index (κ1) is 8.39. The Hall–Kier alpha value is -0.710. The van der Waals surface area contributed by atoms with Crippen LogP contribution in [-0.2, 0) is 6.18 Å². The van der Waals surface area contributed by atoms with Crippen molar-refractivity contribution in [3.63, 3.8) is 0 Å². The number of aryl methyl sites for hydroxylation is 1. The average Bonchev–Trinajstić information content (AvgIpc) is 2.11. The Morgan fingerprint density at radius 2 is 2.00 bits per heavy atom. The topological polar surface area (TPSA) is 26.0 Å². The molecule has 1 aromatic rings. The Balaban J connectivity index is 3.08. The summed E-state index contributed by atoms with van der Waals surface area (Å²) < 4.78 is 35.8. The van der Waals surface area contributed by atoms with Gasteiger partial charge >= 0.3 is 6.18 Å². The van der Waals surface area contributed by atoms with Gasteiger partial charge in [-0.3, -0.25) is 0 Å². The van der Waals surface area contributed by atoms with Crippen LogP contribution in [0.5, 0.6) is 0 Å². The van der Waals surface area contributed by atoms with Crippen molar-refractivity contribution in [3.05, 3.63) is 15.8 Å². The molecule has 1 aromatic heterocycles. The molecule has 0 amide bonds. The minimum atomic E-state index is -4.26. The van der Waals surface area contributed by atoms with Gasteiger partial charge in [0, 0.05) is 10.6 Å². The first-order valence-electron chi connectivity index (χ1n) is 2.84. The van der Waals surface area contributed by atoms with E-state index in [0.29, 0.717) is 16.2 Å². The number of halogens is 3. The number of nitrogens with two attached hydrogens (primary N) is 1. The van der Waals surface area contributed by atoms with E-state index < -0.39 is 11.1 Å². The van der Waals surface area contributed by atoms with Gasteiger partial charge in [-0.2, -0.15) is 13.2 Å².